The monoisotopic (exact) mass is 124 g/mol. The molecule has 0 spiro atoms. The highest BCUT2D eigenvalue weighted by Gasteiger charge is 2.00. The Kier molecular flexibility index (Phi) is 9.23. The summed E-state index contributed by atoms with van der Waals surface area (Å²) >= 11 is 0. The fourth-order valence-electron chi connectivity index (χ4n) is 0.258. The minimum Gasteiger partial charge on any atom is -0.427 e. The second-order valence-electron chi connectivity index (χ2n) is 1.27. The van der Waals surface area contributed by atoms with E-state index in [2.05, 4.69) is 0 Å². The number of hydrogen-bond acceptors (Lipinski definition) is 2. The summed E-state index contributed by atoms with van der Waals surface area (Å²) in [5, 5.41) is 16.2. The summed E-state index contributed by atoms with van der Waals surface area (Å²) in [6.45, 7) is 1.90. The molecule has 0 aliphatic rings. The molecule has 0 unspecified atom stereocenters. The summed E-state index contributed by atoms with van der Waals surface area (Å²) in [5.74, 6) is 0. The van der Waals surface area contributed by atoms with Crippen LogP contribution in [-0.4, -0.2) is 17.2 Å². The molecular weight excluding hydrogens is 114 g/mol. The molecule has 0 heterocycles. The van der Waals surface area contributed by atoms with Gasteiger partial charge < -0.3 is 10.0 Å². The third-order valence-electron chi connectivity index (χ3n) is 0.547. The van der Waals surface area contributed by atoms with Gasteiger partial charge in [0, 0.05) is 0 Å². The maximum absolute atomic E-state index is 8.11. The quantitative estimate of drug-likeness (QED) is 0.520. The van der Waals surface area contributed by atoms with Crippen LogP contribution in [0.15, 0.2) is 0 Å². The normalized spacial score (nSPS) is 7.29. The van der Waals surface area contributed by atoms with Gasteiger partial charge in [-0.1, -0.05) is 13.3 Å². The van der Waals surface area contributed by atoms with E-state index in [1.165, 1.54) is 0 Å². The van der Waals surface area contributed by atoms with Gasteiger partial charge in [0.2, 0.25) is 0 Å². The van der Waals surface area contributed by atoms with Crippen LogP contribution in [-0.2, 0) is 0 Å². The van der Waals surface area contributed by atoms with Crippen LogP contribution in [0.5, 0.6) is 0 Å². The van der Waals surface area contributed by atoms with Crippen molar-refractivity contribution in [3.63, 3.8) is 0 Å². The molecule has 2 nitrogen and oxygen atoms in total. The Labute approximate surface area is 50.1 Å². The summed E-state index contributed by atoms with van der Waals surface area (Å²) in [4.78, 5) is 0. The van der Waals surface area contributed by atoms with Gasteiger partial charge in [0.05, 0.1) is 0 Å². The lowest BCUT2D eigenvalue weighted by molar-refractivity contribution is 0.404. The lowest BCUT2D eigenvalue weighted by Gasteiger charge is -1.87. The Bertz CT molecular complexity index is 34.1. The topological polar surface area (TPSA) is 40.5 Å². The van der Waals surface area contributed by atoms with Crippen molar-refractivity contribution in [2.45, 2.75) is 19.7 Å². The lowest BCUT2D eigenvalue weighted by atomic mass is 9.85. The van der Waals surface area contributed by atoms with Crippen LogP contribution in [0.3, 0.4) is 0 Å². The van der Waals surface area contributed by atoms with Crippen LogP contribution < -0.4 is 0 Å². The molecule has 7 heavy (non-hydrogen) atoms. The first-order chi connectivity index (χ1) is 2.77. The van der Waals surface area contributed by atoms with Crippen molar-refractivity contribution < 1.29 is 10.0 Å². The lowest BCUT2D eigenvalue weighted by Crippen LogP contribution is -2.08. The van der Waals surface area contributed by atoms with Crippen LogP contribution in [0.1, 0.15) is 13.3 Å². The van der Waals surface area contributed by atoms with E-state index >= 15 is 0 Å². The fraction of sp³-hybridized carbons (Fsp3) is 1.00. The SMILES string of the molecule is CCCB(O)O.Cl. The molecular formula is C3H10BClO2. The zero-order valence-corrected chi connectivity index (χ0v) is 5.11. The molecule has 0 amide bonds. The highest BCUT2D eigenvalue weighted by Crippen LogP contribution is 1.86. The Hall–Kier alpha value is 0.275. The zero-order valence-electron chi connectivity index (χ0n) is 4.29. The molecule has 0 aromatic rings. The van der Waals surface area contributed by atoms with E-state index in [1.807, 2.05) is 6.92 Å². The van der Waals surface area contributed by atoms with Gasteiger partial charge in [-0.15, -0.1) is 12.4 Å². The van der Waals surface area contributed by atoms with Gasteiger partial charge >= 0.3 is 7.12 Å². The van der Waals surface area contributed by atoms with E-state index in [0.29, 0.717) is 6.32 Å². The summed E-state index contributed by atoms with van der Waals surface area (Å²) < 4.78 is 0. The number of hydrogen-bond donors (Lipinski definition) is 2. The van der Waals surface area contributed by atoms with Crippen LogP contribution in [0.25, 0.3) is 0 Å². The van der Waals surface area contributed by atoms with Gasteiger partial charge in [0.1, 0.15) is 0 Å². The minimum atomic E-state index is -1.10. The van der Waals surface area contributed by atoms with Crippen LogP contribution in [0.4, 0.5) is 0 Å². The molecule has 0 atom stereocenters. The van der Waals surface area contributed by atoms with Gasteiger partial charge in [-0.2, -0.15) is 0 Å². The maximum Gasteiger partial charge on any atom is 0.451 e. The summed E-state index contributed by atoms with van der Waals surface area (Å²) in [7, 11) is -1.10. The average Bonchev–Trinajstić information content (AvgIpc) is 1.35. The predicted molar refractivity (Wildman–Crippen MR) is 32.5 cm³/mol. The number of rotatable bonds is 2. The van der Waals surface area contributed by atoms with Crippen molar-refractivity contribution in [2.24, 2.45) is 0 Å². The van der Waals surface area contributed by atoms with E-state index < -0.39 is 7.12 Å². The molecule has 0 aromatic carbocycles. The third-order valence-corrected chi connectivity index (χ3v) is 0.547. The summed E-state index contributed by atoms with van der Waals surface area (Å²) in [6, 6.07) is 0. The van der Waals surface area contributed by atoms with Crippen LogP contribution in [0.2, 0.25) is 6.32 Å². The van der Waals surface area contributed by atoms with E-state index in [9.17, 15) is 0 Å². The number of halogens is 1. The summed E-state index contributed by atoms with van der Waals surface area (Å²) in [5.41, 5.74) is 0. The standard InChI is InChI=1S/C3H9BO2.ClH/c1-2-3-4(5)6;/h5-6H,2-3H2,1H3;1H. The molecule has 0 rings (SSSR count). The second-order valence-corrected chi connectivity index (χ2v) is 1.27. The first-order valence-electron chi connectivity index (χ1n) is 2.13. The fourth-order valence-corrected chi connectivity index (χ4v) is 0.258. The largest absolute Gasteiger partial charge is 0.451 e. The minimum absolute atomic E-state index is 0. The van der Waals surface area contributed by atoms with Gasteiger partial charge in [-0.3, -0.25) is 0 Å². The Morgan fingerprint density at radius 1 is 1.43 bits per heavy atom. The molecule has 0 saturated heterocycles. The Morgan fingerprint density at radius 2 is 1.86 bits per heavy atom. The smallest absolute Gasteiger partial charge is 0.427 e. The highest BCUT2D eigenvalue weighted by molar-refractivity contribution is 6.40. The van der Waals surface area contributed by atoms with Crippen molar-refractivity contribution in [1.82, 2.24) is 0 Å². The molecule has 0 radical (unpaired) electrons. The van der Waals surface area contributed by atoms with E-state index in [0.717, 1.165) is 6.42 Å². The van der Waals surface area contributed by atoms with Crippen molar-refractivity contribution in [2.75, 3.05) is 0 Å². The van der Waals surface area contributed by atoms with E-state index in [-0.39, 0.29) is 12.4 Å². The van der Waals surface area contributed by atoms with Crippen LogP contribution in [0, 0.1) is 0 Å². The van der Waals surface area contributed by atoms with Gasteiger partial charge in [0.25, 0.3) is 0 Å². The first-order valence-corrected chi connectivity index (χ1v) is 2.13. The maximum atomic E-state index is 8.11. The molecule has 0 bridgehead atoms. The van der Waals surface area contributed by atoms with E-state index in [1.54, 1.807) is 0 Å². The van der Waals surface area contributed by atoms with E-state index in [4.69, 9.17) is 10.0 Å². The third kappa shape index (κ3) is 10.7. The molecule has 0 aliphatic heterocycles. The van der Waals surface area contributed by atoms with Gasteiger partial charge in [-0.25, -0.2) is 0 Å². The Morgan fingerprint density at radius 3 is 1.86 bits per heavy atom. The molecule has 4 heteroatoms. The molecule has 0 fully saturated rings. The Balaban J connectivity index is 0. The predicted octanol–water partition coefficient (Wildman–Crippen LogP) is 0.291. The van der Waals surface area contributed by atoms with Gasteiger partial charge in [-0.05, 0) is 6.32 Å². The molecule has 2 N–H and O–H groups in total. The van der Waals surface area contributed by atoms with Crippen molar-refractivity contribution in [3.8, 4) is 0 Å². The first kappa shape index (κ1) is 10.3. The summed E-state index contributed by atoms with van der Waals surface area (Å²) in [6.07, 6.45) is 1.32. The highest BCUT2D eigenvalue weighted by atomic mass is 35.5. The average molecular weight is 124 g/mol. The molecule has 44 valence electrons. The zero-order chi connectivity index (χ0) is 4.99. The van der Waals surface area contributed by atoms with Crippen molar-refractivity contribution in [3.05, 3.63) is 0 Å². The van der Waals surface area contributed by atoms with Crippen molar-refractivity contribution >= 4 is 19.5 Å². The van der Waals surface area contributed by atoms with Gasteiger partial charge in [0.15, 0.2) is 0 Å². The van der Waals surface area contributed by atoms with Crippen molar-refractivity contribution in [1.29, 1.82) is 0 Å². The molecule has 0 aliphatic carbocycles. The molecule has 0 saturated carbocycles. The molecule has 0 aromatic heterocycles. The second kappa shape index (κ2) is 6.27. The van der Waals surface area contributed by atoms with Crippen LogP contribution >= 0.6 is 12.4 Å².